The Hall–Kier alpha value is -3.00. The maximum atomic E-state index is 14.3. The Morgan fingerprint density at radius 3 is 2.91 bits per heavy atom. The minimum atomic E-state index is -0.190. The number of carbonyl (C=O) groups is 1. The number of hydrogen-bond acceptors (Lipinski definition) is 4. The van der Waals surface area contributed by atoms with Gasteiger partial charge in [0.25, 0.3) is 5.56 Å². The second kappa shape index (κ2) is 8.50. The van der Waals surface area contributed by atoms with E-state index in [9.17, 15) is 14.0 Å². The van der Waals surface area contributed by atoms with Crippen molar-refractivity contribution in [3.05, 3.63) is 69.0 Å². The molecule has 0 aliphatic carbocycles. The highest BCUT2D eigenvalue weighted by Crippen LogP contribution is 2.32. The zero-order valence-electron chi connectivity index (χ0n) is 18.3. The Morgan fingerprint density at radius 2 is 2.09 bits per heavy atom. The maximum absolute atomic E-state index is 14.3. The fourth-order valence-corrected chi connectivity index (χ4v) is 4.99. The maximum Gasteiger partial charge on any atom is 0.277 e. The van der Waals surface area contributed by atoms with E-state index < -0.39 is 0 Å². The summed E-state index contributed by atoms with van der Waals surface area (Å²) < 4.78 is 15.8. The molecule has 0 radical (unpaired) electrons. The van der Waals surface area contributed by atoms with E-state index in [1.165, 1.54) is 10.6 Å². The summed E-state index contributed by atoms with van der Waals surface area (Å²) in [6.07, 6.45) is 4.11. The van der Waals surface area contributed by atoms with Gasteiger partial charge in [0, 0.05) is 37.6 Å². The SMILES string of the molecule is CCC(=O)N1CCc2nc3cc([C@@H]4CCCCN4Cc4ccccc4F)[nH]n3c(=O)c2C1. The van der Waals surface area contributed by atoms with E-state index in [-0.39, 0.29) is 23.3 Å². The molecule has 0 spiro atoms. The van der Waals surface area contributed by atoms with Crippen molar-refractivity contribution in [3.8, 4) is 0 Å². The average Bonchev–Trinajstić information content (AvgIpc) is 3.24. The van der Waals surface area contributed by atoms with Crippen molar-refractivity contribution < 1.29 is 9.18 Å². The molecule has 4 heterocycles. The molecular formula is C24H28FN5O2. The van der Waals surface area contributed by atoms with Gasteiger partial charge in [0.15, 0.2) is 5.65 Å². The van der Waals surface area contributed by atoms with E-state index in [2.05, 4.69) is 10.00 Å². The number of aromatic amines is 1. The van der Waals surface area contributed by atoms with Crippen LogP contribution in [0.2, 0.25) is 0 Å². The number of likely N-dealkylation sites (tertiary alicyclic amines) is 1. The molecule has 1 N–H and O–H groups in total. The summed E-state index contributed by atoms with van der Waals surface area (Å²) in [5.74, 6) is -0.136. The molecule has 0 unspecified atom stereocenters. The van der Waals surface area contributed by atoms with Crippen LogP contribution >= 0.6 is 0 Å². The molecule has 1 atom stereocenters. The van der Waals surface area contributed by atoms with Crippen LogP contribution in [-0.4, -0.2) is 43.4 Å². The third-order valence-electron chi connectivity index (χ3n) is 6.74. The van der Waals surface area contributed by atoms with Crippen molar-refractivity contribution in [2.45, 2.75) is 58.2 Å². The topological polar surface area (TPSA) is 73.7 Å². The summed E-state index contributed by atoms with van der Waals surface area (Å²) in [5.41, 5.74) is 3.46. The number of nitrogens with one attached hydrogen (secondary N) is 1. The standard InChI is InChI=1S/C24H28FN5O2/c1-2-23(31)29-12-10-19-17(15-29)24(32)30-22(26-19)13-20(27-30)21-9-5-6-11-28(21)14-16-7-3-4-8-18(16)25/h3-4,7-8,13,21,27H,2,5-6,9-12,14-15H2,1H3/t21-/m0/s1. The van der Waals surface area contributed by atoms with Crippen LogP contribution in [0.5, 0.6) is 0 Å². The average molecular weight is 438 g/mol. The Kier molecular flexibility index (Phi) is 5.55. The third kappa shape index (κ3) is 3.72. The number of carbonyl (C=O) groups excluding carboxylic acids is 1. The third-order valence-corrected chi connectivity index (χ3v) is 6.74. The zero-order chi connectivity index (χ0) is 22.2. The minimum absolute atomic E-state index is 0.0540. The molecule has 1 saturated heterocycles. The Labute approximate surface area is 185 Å². The highest BCUT2D eigenvalue weighted by Gasteiger charge is 2.28. The number of hydrogen-bond donors (Lipinski definition) is 1. The summed E-state index contributed by atoms with van der Waals surface area (Å²) in [4.78, 5) is 34.1. The molecule has 0 bridgehead atoms. The molecule has 5 rings (SSSR count). The van der Waals surface area contributed by atoms with Gasteiger partial charge in [-0.25, -0.2) is 13.9 Å². The lowest BCUT2D eigenvalue weighted by atomic mass is 9.98. The molecule has 2 aliphatic rings. The van der Waals surface area contributed by atoms with E-state index >= 15 is 0 Å². The molecule has 1 aromatic carbocycles. The van der Waals surface area contributed by atoms with Crippen molar-refractivity contribution in [1.29, 1.82) is 0 Å². The van der Waals surface area contributed by atoms with Gasteiger partial charge in [-0.2, -0.15) is 0 Å². The van der Waals surface area contributed by atoms with Gasteiger partial charge in [0.1, 0.15) is 5.82 Å². The van der Waals surface area contributed by atoms with Crippen molar-refractivity contribution >= 4 is 11.6 Å². The van der Waals surface area contributed by atoms with E-state index in [0.717, 1.165) is 37.2 Å². The summed E-state index contributed by atoms with van der Waals surface area (Å²) in [6, 6.07) is 8.92. The van der Waals surface area contributed by atoms with Crippen molar-refractivity contribution in [2.75, 3.05) is 13.1 Å². The smallest absolute Gasteiger partial charge is 0.277 e. The first-order chi connectivity index (χ1) is 15.5. The molecule has 8 heteroatoms. The lowest BCUT2D eigenvalue weighted by molar-refractivity contribution is -0.131. The van der Waals surface area contributed by atoms with Crippen LogP contribution in [0.1, 0.15) is 61.2 Å². The van der Waals surface area contributed by atoms with Gasteiger partial charge < -0.3 is 4.90 Å². The number of aromatic nitrogens is 3. The molecule has 2 aromatic heterocycles. The minimum Gasteiger partial charge on any atom is -0.338 e. The molecular weight excluding hydrogens is 409 g/mol. The lowest BCUT2D eigenvalue weighted by Gasteiger charge is -2.35. The predicted octanol–water partition coefficient (Wildman–Crippen LogP) is 3.18. The second-order valence-corrected chi connectivity index (χ2v) is 8.74. The molecule has 1 fully saturated rings. The number of amides is 1. The first-order valence-corrected chi connectivity index (χ1v) is 11.4. The Morgan fingerprint density at radius 1 is 1.25 bits per heavy atom. The van der Waals surface area contributed by atoms with E-state index in [1.807, 2.05) is 25.1 Å². The predicted molar refractivity (Wildman–Crippen MR) is 119 cm³/mol. The Bertz CT molecular complexity index is 1220. The van der Waals surface area contributed by atoms with Gasteiger partial charge in [0.2, 0.25) is 5.91 Å². The molecule has 168 valence electrons. The lowest BCUT2D eigenvalue weighted by Crippen LogP contribution is -2.40. The quantitative estimate of drug-likeness (QED) is 0.680. The number of halogens is 1. The van der Waals surface area contributed by atoms with Gasteiger partial charge in [0.05, 0.1) is 29.5 Å². The Balaban J connectivity index is 1.47. The largest absolute Gasteiger partial charge is 0.338 e. The number of fused-ring (bicyclic) bond motifs is 2. The summed E-state index contributed by atoms with van der Waals surface area (Å²) in [6.45, 7) is 4.15. The van der Waals surface area contributed by atoms with Gasteiger partial charge in [-0.15, -0.1) is 0 Å². The highest BCUT2D eigenvalue weighted by atomic mass is 19.1. The summed E-state index contributed by atoms with van der Waals surface area (Å²) in [7, 11) is 0. The fourth-order valence-electron chi connectivity index (χ4n) is 4.99. The second-order valence-electron chi connectivity index (χ2n) is 8.74. The molecule has 32 heavy (non-hydrogen) atoms. The van der Waals surface area contributed by atoms with Crippen LogP contribution in [0.25, 0.3) is 5.65 Å². The van der Waals surface area contributed by atoms with Gasteiger partial charge >= 0.3 is 0 Å². The number of benzene rings is 1. The summed E-state index contributed by atoms with van der Waals surface area (Å²) >= 11 is 0. The molecule has 7 nitrogen and oxygen atoms in total. The van der Waals surface area contributed by atoms with Crippen LogP contribution in [-0.2, 0) is 24.3 Å². The fraction of sp³-hybridized carbons (Fsp3) is 0.458. The van der Waals surface area contributed by atoms with E-state index in [1.54, 1.807) is 11.0 Å². The highest BCUT2D eigenvalue weighted by molar-refractivity contribution is 5.76. The summed E-state index contributed by atoms with van der Waals surface area (Å²) in [5, 5.41) is 3.27. The monoisotopic (exact) mass is 437 g/mol. The van der Waals surface area contributed by atoms with Gasteiger partial charge in [-0.3, -0.25) is 19.6 Å². The van der Waals surface area contributed by atoms with Gasteiger partial charge in [-0.05, 0) is 25.5 Å². The van der Waals surface area contributed by atoms with Crippen LogP contribution in [0.4, 0.5) is 4.39 Å². The van der Waals surface area contributed by atoms with Crippen molar-refractivity contribution in [2.24, 2.45) is 0 Å². The first-order valence-electron chi connectivity index (χ1n) is 11.4. The van der Waals surface area contributed by atoms with Gasteiger partial charge in [-0.1, -0.05) is 31.5 Å². The van der Waals surface area contributed by atoms with E-state index in [4.69, 9.17) is 4.98 Å². The molecule has 0 saturated carbocycles. The number of nitrogens with zero attached hydrogens (tertiary/aromatic N) is 4. The number of rotatable bonds is 4. The zero-order valence-corrected chi connectivity index (χ0v) is 18.3. The molecule has 1 amide bonds. The van der Waals surface area contributed by atoms with Crippen LogP contribution in [0.15, 0.2) is 35.1 Å². The van der Waals surface area contributed by atoms with Crippen molar-refractivity contribution in [1.82, 2.24) is 24.4 Å². The number of H-pyrrole nitrogens is 1. The van der Waals surface area contributed by atoms with Crippen LogP contribution in [0.3, 0.4) is 0 Å². The first kappa shape index (κ1) is 20.9. The molecule has 3 aromatic rings. The van der Waals surface area contributed by atoms with E-state index in [0.29, 0.717) is 49.2 Å². The normalized spacial score (nSPS) is 19.3. The van der Waals surface area contributed by atoms with Crippen molar-refractivity contribution in [3.63, 3.8) is 0 Å². The van der Waals surface area contributed by atoms with Crippen LogP contribution < -0.4 is 5.56 Å². The van der Waals surface area contributed by atoms with Crippen LogP contribution in [0, 0.1) is 5.82 Å². The number of piperidine rings is 1. The molecule has 2 aliphatic heterocycles.